The van der Waals surface area contributed by atoms with Gasteiger partial charge in [-0.05, 0) is 18.8 Å². The summed E-state index contributed by atoms with van der Waals surface area (Å²) in [6, 6.07) is 0. The van der Waals surface area contributed by atoms with Gasteiger partial charge in [-0.3, -0.25) is 0 Å². The summed E-state index contributed by atoms with van der Waals surface area (Å²) < 4.78 is 5.45. The number of ether oxygens (including phenoxy) is 1. The highest BCUT2D eigenvalue weighted by Crippen LogP contribution is 2.24. The molecule has 1 fully saturated rings. The first-order valence-electron chi connectivity index (χ1n) is 5.15. The molecule has 1 aliphatic heterocycles. The summed E-state index contributed by atoms with van der Waals surface area (Å²) in [5.41, 5.74) is 0. The van der Waals surface area contributed by atoms with Gasteiger partial charge in [0.25, 0.3) is 0 Å². The van der Waals surface area contributed by atoms with Crippen molar-refractivity contribution in [1.82, 2.24) is 4.98 Å². The van der Waals surface area contributed by atoms with E-state index in [0.29, 0.717) is 11.1 Å². The number of rotatable bonds is 3. The third kappa shape index (κ3) is 3.06. The minimum absolute atomic E-state index is 0.585. The second-order valence-corrected chi connectivity index (χ2v) is 5.14. The Labute approximate surface area is 99.0 Å². The molecule has 2 heterocycles. The lowest BCUT2D eigenvalue weighted by molar-refractivity contribution is 0.0576. The van der Waals surface area contributed by atoms with Crippen molar-refractivity contribution in [3.63, 3.8) is 0 Å². The maximum Gasteiger partial charge on any atom is 0.186 e. The van der Waals surface area contributed by atoms with Crippen LogP contribution in [0.5, 0.6) is 0 Å². The summed E-state index contributed by atoms with van der Waals surface area (Å²) in [4.78, 5) is 6.41. The quantitative estimate of drug-likeness (QED) is 0.820. The fourth-order valence-corrected chi connectivity index (χ4v) is 2.76. The molecule has 1 atom stereocenters. The van der Waals surface area contributed by atoms with E-state index >= 15 is 0 Å². The largest absolute Gasteiger partial charge is 0.381 e. The molecule has 0 bridgehead atoms. The maximum absolute atomic E-state index is 5.80. The molecule has 15 heavy (non-hydrogen) atoms. The van der Waals surface area contributed by atoms with Gasteiger partial charge in [0.1, 0.15) is 5.15 Å². The Morgan fingerprint density at radius 2 is 2.60 bits per heavy atom. The molecular formula is C10H15ClN2OS. The Hall–Kier alpha value is -0.320. The van der Waals surface area contributed by atoms with Crippen LogP contribution in [0.2, 0.25) is 5.15 Å². The topological polar surface area (TPSA) is 25.4 Å². The number of hydrogen-bond acceptors (Lipinski definition) is 4. The first-order valence-corrected chi connectivity index (χ1v) is 6.41. The van der Waals surface area contributed by atoms with Crippen LogP contribution in [0.3, 0.4) is 0 Å². The minimum atomic E-state index is 0.585. The van der Waals surface area contributed by atoms with Gasteiger partial charge in [0, 0.05) is 25.6 Å². The van der Waals surface area contributed by atoms with E-state index in [0.717, 1.165) is 24.9 Å². The summed E-state index contributed by atoms with van der Waals surface area (Å²) in [5.74, 6) is 0.631. The highest BCUT2D eigenvalue weighted by molar-refractivity contribution is 7.14. The van der Waals surface area contributed by atoms with Crippen LogP contribution in [0.15, 0.2) is 5.38 Å². The molecule has 2 rings (SSSR count). The Morgan fingerprint density at radius 1 is 1.73 bits per heavy atom. The van der Waals surface area contributed by atoms with Crippen molar-refractivity contribution in [2.45, 2.75) is 12.8 Å². The molecule has 1 saturated heterocycles. The lowest BCUT2D eigenvalue weighted by Crippen LogP contribution is -2.30. The van der Waals surface area contributed by atoms with Crippen molar-refractivity contribution >= 4 is 28.1 Å². The fraction of sp³-hybridized carbons (Fsp3) is 0.700. The van der Waals surface area contributed by atoms with Gasteiger partial charge in [-0.15, -0.1) is 11.3 Å². The third-order valence-corrected chi connectivity index (χ3v) is 3.86. The molecule has 0 aliphatic carbocycles. The van der Waals surface area contributed by atoms with Crippen molar-refractivity contribution in [2.75, 3.05) is 31.7 Å². The molecular weight excluding hydrogens is 232 g/mol. The molecule has 0 amide bonds. The highest BCUT2D eigenvalue weighted by atomic mass is 35.5. The molecule has 5 heteroatoms. The summed E-state index contributed by atoms with van der Waals surface area (Å²) in [6.45, 7) is 2.80. The van der Waals surface area contributed by atoms with Crippen LogP contribution in [0, 0.1) is 5.92 Å². The molecule has 0 spiro atoms. The van der Waals surface area contributed by atoms with E-state index in [1.807, 2.05) is 5.38 Å². The molecule has 0 radical (unpaired) electrons. The number of nitrogens with zero attached hydrogens (tertiary/aromatic N) is 2. The number of thiazole rings is 1. The van der Waals surface area contributed by atoms with Gasteiger partial charge >= 0.3 is 0 Å². The van der Waals surface area contributed by atoms with Gasteiger partial charge in [-0.2, -0.15) is 0 Å². The van der Waals surface area contributed by atoms with E-state index < -0.39 is 0 Å². The van der Waals surface area contributed by atoms with Gasteiger partial charge in [0.05, 0.1) is 6.61 Å². The van der Waals surface area contributed by atoms with E-state index in [2.05, 4.69) is 16.9 Å². The Morgan fingerprint density at radius 3 is 3.20 bits per heavy atom. The first kappa shape index (κ1) is 11.2. The Kier molecular flexibility index (Phi) is 3.83. The Balaban J connectivity index is 1.88. The van der Waals surface area contributed by atoms with E-state index in [4.69, 9.17) is 16.3 Å². The highest BCUT2D eigenvalue weighted by Gasteiger charge is 2.17. The van der Waals surface area contributed by atoms with E-state index in [1.54, 1.807) is 11.3 Å². The number of anilines is 1. The molecule has 84 valence electrons. The summed E-state index contributed by atoms with van der Waals surface area (Å²) in [7, 11) is 2.06. The van der Waals surface area contributed by atoms with Crippen molar-refractivity contribution in [1.29, 1.82) is 0 Å². The number of hydrogen-bond donors (Lipinski definition) is 0. The molecule has 1 aromatic rings. The maximum atomic E-state index is 5.80. The Bertz CT molecular complexity index is 312. The minimum Gasteiger partial charge on any atom is -0.381 e. The van der Waals surface area contributed by atoms with Crippen molar-refractivity contribution in [3.8, 4) is 0 Å². The normalized spacial score (nSPS) is 21.6. The average Bonchev–Trinajstić information content (AvgIpc) is 2.66. The van der Waals surface area contributed by atoms with Crippen LogP contribution in [-0.2, 0) is 4.74 Å². The van der Waals surface area contributed by atoms with E-state index in [9.17, 15) is 0 Å². The van der Waals surface area contributed by atoms with Gasteiger partial charge in [-0.1, -0.05) is 11.6 Å². The number of halogens is 1. The summed E-state index contributed by atoms with van der Waals surface area (Å²) in [6.07, 6.45) is 2.43. The third-order valence-electron chi connectivity index (χ3n) is 2.58. The smallest absolute Gasteiger partial charge is 0.186 e. The first-order chi connectivity index (χ1) is 7.25. The van der Waals surface area contributed by atoms with Crippen LogP contribution in [-0.4, -0.2) is 31.8 Å². The zero-order valence-corrected chi connectivity index (χ0v) is 10.4. The van der Waals surface area contributed by atoms with E-state index in [-0.39, 0.29) is 0 Å². The molecule has 3 nitrogen and oxygen atoms in total. The number of aromatic nitrogens is 1. The monoisotopic (exact) mass is 246 g/mol. The SMILES string of the molecule is CN(CC1CCCOC1)c1nc(Cl)cs1. The van der Waals surface area contributed by atoms with E-state index in [1.165, 1.54) is 12.8 Å². The second kappa shape index (κ2) is 5.14. The standard InChI is InChI=1S/C10H15ClN2OS/c1-13(10-12-9(11)7-15-10)5-8-3-2-4-14-6-8/h7-8H,2-6H2,1H3. The van der Waals surface area contributed by atoms with Gasteiger partial charge in [0.15, 0.2) is 5.13 Å². The predicted molar refractivity (Wildman–Crippen MR) is 63.9 cm³/mol. The van der Waals surface area contributed by atoms with Crippen LogP contribution in [0.25, 0.3) is 0 Å². The zero-order chi connectivity index (χ0) is 10.7. The summed E-state index contributed by atoms with van der Waals surface area (Å²) >= 11 is 7.38. The second-order valence-electron chi connectivity index (χ2n) is 3.92. The lowest BCUT2D eigenvalue weighted by Gasteiger charge is -2.26. The zero-order valence-electron chi connectivity index (χ0n) is 8.78. The molecule has 1 aromatic heterocycles. The van der Waals surface area contributed by atoms with Gasteiger partial charge < -0.3 is 9.64 Å². The molecule has 1 aliphatic rings. The van der Waals surface area contributed by atoms with Crippen LogP contribution >= 0.6 is 22.9 Å². The van der Waals surface area contributed by atoms with Crippen molar-refractivity contribution in [2.24, 2.45) is 5.92 Å². The lowest BCUT2D eigenvalue weighted by atomic mass is 10.0. The molecule has 0 saturated carbocycles. The predicted octanol–water partition coefficient (Wildman–Crippen LogP) is 2.66. The van der Waals surface area contributed by atoms with Gasteiger partial charge in [0.2, 0.25) is 0 Å². The van der Waals surface area contributed by atoms with Crippen LogP contribution in [0.4, 0.5) is 5.13 Å². The average molecular weight is 247 g/mol. The molecule has 1 unspecified atom stereocenters. The fourth-order valence-electron chi connectivity index (χ4n) is 1.84. The molecule has 0 aromatic carbocycles. The molecule has 0 N–H and O–H groups in total. The van der Waals surface area contributed by atoms with Crippen LogP contribution in [0.1, 0.15) is 12.8 Å². The van der Waals surface area contributed by atoms with Crippen molar-refractivity contribution < 1.29 is 4.74 Å². The summed E-state index contributed by atoms with van der Waals surface area (Å²) in [5, 5.41) is 3.44. The van der Waals surface area contributed by atoms with Crippen LogP contribution < -0.4 is 4.90 Å². The van der Waals surface area contributed by atoms with Crippen molar-refractivity contribution in [3.05, 3.63) is 10.5 Å². The van der Waals surface area contributed by atoms with Gasteiger partial charge in [-0.25, -0.2) is 4.98 Å².